The van der Waals surface area contributed by atoms with Crippen LogP contribution < -0.4 is 0 Å². The molecule has 0 N–H and O–H groups in total. The van der Waals surface area contributed by atoms with Crippen molar-refractivity contribution in [3.8, 4) is 0 Å². The number of allylic oxidation sites excluding steroid dienone is 14. The first-order valence-electron chi connectivity index (χ1n) is 25.1. The third kappa shape index (κ3) is 47.5. The van der Waals surface area contributed by atoms with Crippen molar-refractivity contribution in [1.29, 1.82) is 0 Å². The number of hydrogen-bond donors (Lipinski definition) is 0. The molecule has 0 saturated heterocycles. The van der Waals surface area contributed by atoms with Gasteiger partial charge in [-0.1, -0.05) is 189 Å². The van der Waals surface area contributed by atoms with Crippen LogP contribution in [0.3, 0.4) is 0 Å². The van der Waals surface area contributed by atoms with Crippen molar-refractivity contribution >= 4 is 17.9 Å². The van der Waals surface area contributed by atoms with E-state index in [1.807, 2.05) is 0 Å². The molecule has 1 atom stereocenters. The molecule has 1 unspecified atom stereocenters. The van der Waals surface area contributed by atoms with E-state index in [0.717, 1.165) is 148 Å². The minimum absolute atomic E-state index is 0.0930. The molecule has 0 aliphatic carbocycles. The molecular formula is C55H92O6. The molecule has 0 rings (SSSR count). The third-order valence-corrected chi connectivity index (χ3v) is 10.3. The maximum Gasteiger partial charge on any atom is 0.306 e. The summed E-state index contributed by atoms with van der Waals surface area (Å²) >= 11 is 0. The predicted octanol–water partition coefficient (Wildman–Crippen LogP) is 16.4. The molecule has 0 aromatic heterocycles. The molecule has 0 aliphatic heterocycles. The number of ether oxygens (including phenoxy) is 3. The first-order valence-corrected chi connectivity index (χ1v) is 25.1. The fraction of sp³-hybridized carbons (Fsp3) is 0.691. The Morgan fingerprint density at radius 3 is 1.00 bits per heavy atom. The Labute approximate surface area is 375 Å². The molecule has 0 radical (unpaired) electrons. The van der Waals surface area contributed by atoms with Crippen LogP contribution in [-0.4, -0.2) is 37.2 Å². The SMILES string of the molecule is CC/C=C\C/C=C\C/C=C\CCCCCCCCCC(=O)OCC(COC(=O)CCCCCCC/C=C\C/C=C\CCC)OC(=O)CCCCCCC/C=C\C/C=C\CCC. The summed E-state index contributed by atoms with van der Waals surface area (Å²) in [6, 6.07) is 0. The molecule has 0 saturated carbocycles. The van der Waals surface area contributed by atoms with Crippen molar-refractivity contribution in [2.75, 3.05) is 13.2 Å². The summed E-state index contributed by atoms with van der Waals surface area (Å²) in [6.45, 7) is 6.36. The molecule has 0 spiro atoms. The molecule has 0 bridgehead atoms. The molecule has 348 valence electrons. The molecule has 61 heavy (non-hydrogen) atoms. The normalized spacial score (nSPS) is 12.8. The second kappa shape index (κ2) is 49.2. The maximum atomic E-state index is 12.8. The predicted molar refractivity (Wildman–Crippen MR) is 261 cm³/mol. The number of esters is 3. The highest BCUT2D eigenvalue weighted by molar-refractivity contribution is 5.71. The van der Waals surface area contributed by atoms with Crippen molar-refractivity contribution in [3.63, 3.8) is 0 Å². The molecule has 6 heteroatoms. The van der Waals surface area contributed by atoms with Gasteiger partial charge in [-0.2, -0.15) is 0 Å². The van der Waals surface area contributed by atoms with Crippen molar-refractivity contribution in [3.05, 3.63) is 85.1 Å². The zero-order chi connectivity index (χ0) is 44.4. The summed E-state index contributed by atoms with van der Waals surface area (Å²) in [4.78, 5) is 37.9. The summed E-state index contributed by atoms with van der Waals surface area (Å²) in [5.41, 5.74) is 0. The van der Waals surface area contributed by atoms with E-state index in [4.69, 9.17) is 14.2 Å². The molecule has 0 amide bonds. The Morgan fingerprint density at radius 1 is 0.344 bits per heavy atom. The van der Waals surface area contributed by atoms with Crippen LogP contribution in [0.5, 0.6) is 0 Å². The van der Waals surface area contributed by atoms with E-state index in [9.17, 15) is 14.4 Å². The van der Waals surface area contributed by atoms with E-state index >= 15 is 0 Å². The highest BCUT2D eigenvalue weighted by Crippen LogP contribution is 2.13. The summed E-state index contributed by atoms with van der Waals surface area (Å²) in [5, 5.41) is 0. The summed E-state index contributed by atoms with van der Waals surface area (Å²) in [7, 11) is 0. The van der Waals surface area contributed by atoms with Crippen LogP contribution in [0.1, 0.15) is 226 Å². The van der Waals surface area contributed by atoms with Gasteiger partial charge in [-0.15, -0.1) is 0 Å². The lowest BCUT2D eigenvalue weighted by Crippen LogP contribution is -2.30. The van der Waals surface area contributed by atoms with E-state index in [2.05, 4.69) is 106 Å². The van der Waals surface area contributed by atoms with Gasteiger partial charge < -0.3 is 14.2 Å². The minimum atomic E-state index is -0.793. The van der Waals surface area contributed by atoms with Gasteiger partial charge in [0.05, 0.1) is 0 Å². The number of carbonyl (C=O) groups is 3. The average Bonchev–Trinajstić information content (AvgIpc) is 3.26. The van der Waals surface area contributed by atoms with Gasteiger partial charge in [0.25, 0.3) is 0 Å². The standard InChI is InChI=1S/C55H92O6/c1-4-7-10-13-16-19-22-25-26-27-28-31-33-36-39-42-45-48-54(57)60-51-52(61-55(58)49-46-43-40-37-34-30-24-21-18-15-12-9-6-3)50-59-53(56)47-44-41-38-35-32-29-23-20-17-14-11-8-5-2/h7,10-12,14-16,19-21,23-26,52H,4-6,8-9,13,17-18,22,27-51H2,1-3H3/b10-7-,14-11-,15-12-,19-16-,23-20-,24-21-,26-25-. The zero-order valence-corrected chi connectivity index (χ0v) is 39.7. The average molecular weight is 849 g/mol. The van der Waals surface area contributed by atoms with Gasteiger partial charge in [0.1, 0.15) is 13.2 Å². The van der Waals surface area contributed by atoms with E-state index in [0.29, 0.717) is 19.3 Å². The van der Waals surface area contributed by atoms with Crippen molar-refractivity contribution in [2.24, 2.45) is 0 Å². The van der Waals surface area contributed by atoms with Gasteiger partial charge in [-0.3, -0.25) is 14.4 Å². The summed E-state index contributed by atoms with van der Waals surface area (Å²) in [5.74, 6) is -0.934. The van der Waals surface area contributed by atoms with Crippen molar-refractivity contribution in [1.82, 2.24) is 0 Å². The molecule has 6 nitrogen and oxygen atoms in total. The molecule has 0 fully saturated rings. The lowest BCUT2D eigenvalue weighted by atomic mass is 10.1. The van der Waals surface area contributed by atoms with Crippen molar-refractivity contribution < 1.29 is 28.6 Å². The highest BCUT2D eigenvalue weighted by atomic mass is 16.6. The minimum Gasteiger partial charge on any atom is -0.462 e. The lowest BCUT2D eigenvalue weighted by molar-refractivity contribution is -0.167. The van der Waals surface area contributed by atoms with E-state index in [-0.39, 0.29) is 31.1 Å². The lowest BCUT2D eigenvalue weighted by Gasteiger charge is -2.18. The Bertz CT molecular complexity index is 1200. The quantitative estimate of drug-likeness (QED) is 0.0263. The fourth-order valence-corrected chi connectivity index (χ4v) is 6.59. The van der Waals surface area contributed by atoms with Crippen LogP contribution in [-0.2, 0) is 28.6 Å². The van der Waals surface area contributed by atoms with E-state index < -0.39 is 6.10 Å². The number of carbonyl (C=O) groups excluding carboxylic acids is 3. The molecule has 0 heterocycles. The molecular weight excluding hydrogens is 757 g/mol. The van der Waals surface area contributed by atoms with Crippen LogP contribution in [0.4, 0.5) is 0 Å². The van der Waals surface area contributed by atoms with Gasteiger partial charge in [0.2, 0.25) is 0 Å². The Balaban J connectivity index is 4.43. The third-order valence-electron chi connectivity index (χ3n) is 10.3. The second-order valence-corrected chi connectivity index (χ2v) is 16.3. The zero-order valence-electron chi connectivity index (χ0n) is 39.7. The molecule has 0 aliphatic rings. The van der Waals surface area contributed by atoms with Crippen molar-refractivity contribution in [2.45, 2.75) is 232 Å². The van der Waals surface area contributed by atoms with Crippen LogP contribution in [0.25, 0.3) is 0 Å². The largest absolute Gasteiger partial charge is 0.462 e. The first kappa shape index (κ1) is 57.6. The summed E-state index contributed by atoms with van der Waals surface area (Å²) < 4.78 is 16.7. The number of rotatable bonds is 44. The first-order chi connectivity index (χ1) is 30.0. The Hall–Kier alpha value is -3.41. The maximum absolute atomic E-state index is 12.8. The molecule has 0 aromatic rings. The van der Waals surface area contributed by atoms with Gasteiger partial charge in [-0.25, -0.2) is 0 Å². The smallest absolute Gasteiger partial charge is 0.306 e. The fourth-order valence-electron chi connectivity index (χ4n) is 6.59. The van der Waals surface area contributed by atoms with Gasteiger partial charge in [0.15, 0.2) is 6.10 Å². The van der Waals surface area contributed by atoms with Gasteiger partial charge >= 0.3 is 17.9 Å². The second-order valence-electron chi connectivity index (χ2n) is 16.3. The highest BCUT2D eigenvalue weighted by Gasteiger charge is 2.19. The van der Waals surface area contributed by atoms with E-state index in [1.54, 1.807) is 0 Å². The van der Waals surface area contributed by atoms with Gasteiger partial charge in [-0.05, 0) is 103 Å². The van der Waals surface area contributed by atoms with Gasteiger partial charge in [0, 0.05) is 19.3 Å². The van der Waals surface area contributed by atoms with Crippen LogP contribution >= 0.6 is 0 Å². The topological polar surface area (TPSA) is 78.9 Å². The summed E-state index contributed by atoms with van der Waals surface area (Å²) in [6.07, 6.45) is 62.7. The monoisotopic (exact) mass is 849 g/mol. The van der Waals surface area contributed by atoms with Crippen LogP contribution in [0.15, 0.2) is 85.1 Å². The van der Waals surface area contributed by atoms with Crippen LogP contribution in [0.2, 0.25) is 0 Å². The number of unbranched alkanes of at least 4 members (excludes halogenated alkanes) is 19. The van der Waals surface area contributed by atoms with Crippen LogP contribution in [0, 0.1) is 0 Å². The molecule has 0 aromatic carbocycles. The number of hydrogen-bond acceptors (Lipinski definition) is 6. The van der Waals surface area contributed by atoms with E-state index in [1.165, 1.54) is 38.5 Å². The Kier molecular flexibility index (Phi) is 46.5. The Morgan fingerprint density at radius 2 is 0.639 bits per heavy atom.